The Morgan fingerprint density at radius 3 is 2.83 bits per heavy atom. The fraction of sp³-hybridized carbons (Fsp3) is 0.579. The summed E-state index contributed by atoms with van der Waals surface area (Å²) >= 11 is 0. The number of carbonyl (C=O) groups is 1. The first-order chi connectivity index (χ1) is 11.3. The lowest BCUT2D eigenvalue weighted by molar-refractivity contribution is 0.0949. The Morgan fingerprint density at radius 2 is 2.13 bits per heavy atom. The number of allylic oxidation sites excluding steroid dienone is 1. The number of nitrogens with one attached hydrogen (secondary N) is 2. The smallest absolute Gasteiger partial charge is 0.269 e. The van der Waals surface area contributed by atoms with E-state index in [1.165, 1.54) is 44.1 Å². The normalized spacial score (nSPS) is 14.2. The lowest BCUT2D eigenvalue weighted by atomic mass is 9.97. The summed E-state index contributed by atoms with van der Waals surface area (Å²) in [6.45, 7) is 3.85. The average Bonchev–Trinajstić information content (AvgIpc) is 2.60. The van der Waals surface area contributed by atoms with E-state index in [0.717, 1.165) is 25.1 Å². The van der Waals surface area contributed by atoms with Crippen molar-refractivity contribution < 1.29 is 4.79 Å². The van der Waals surface area contributed by atoms with Crippen LogP contribution in [-0.2, 0) is 0 Å². The van der Waals surface area contributed by atoms with Crippen LogP contribution < -0.4 is 10.6 Å². The summed E-state index contributed by atoms with van der Waals surface area (Å²) in [6.07, 6.45) is 13.6. The zero-order valence-corrected chi connectivity index (χ0v) is 14.2. The van der Waals surface area contributed by atoms with Gasteiger partial charge in [-0.3, -0.25) is 4.79 Å². The van der Waals surface area contributed by atoms with E-state index >= 15 is 0 Å². The van der Waals surface area contributed by atoms with Crippen molar-refractivity contribution in [3.63, 3.8) is 0 Å². The van der Waals surface area contributed by atoms with E-state index in [-0.39, 0.29) is 5.91 Å². The van der Waals surface area contributed by atoms with Crippen LogP contribution in [0, 0.1) is 0 Å². The molecule has 4 nitrogen and oxygen atoms in total. The molecule has 0 fully saturated rings. The number of anilines is 1. The van der Waals surface area contributed by atoms with Crippen LogP contribution in [0.3, 0.4) is 0 Å². The zero-order chi connectivity index (χ0) is 16.3. The maximum absolute atomic E-state index is 12.1. The fourth-order valence-electron chi connectivity index (χ4n) is 2.80. The minimum atomic E-state index is -0.0843. The van der Waals surface area contributed by atoms with E-state index in [1.807, 2.05) is 6.07 Å². The number of nitrogens with zero attached hydrogens (tertiary/aromatic N) is 1. The molecule has 0 atom stereocenters. The van der Waals surface area contributed by atoms with Gasteiger partial charge in [0.15, 0.2) is 0 Å². The van der Waals surface area contributed by atoms with Crippen molar-refractivity contribution in [3.05, 3.63) is 35.7 Å². The highest BCUT2D eigenvalue weighted by Crippen LogP contribution is 2.19. The monoisotopic (exact) mass is 315 g/mol. The highest BCUT2D eigenvalue weighted by Gasteiger charge is 2.08. The number of pyridine rings is 1. The first kappa shape index (κ1) is 17.5. The number of aromatic nitrogens is 1. The van der Waals surface area contributed by atoms with Gasteiger partial charge in [-0.1, -0.05) is 31.4 Å². The van der Waals surface area contributed by atoms with Gasteiger partial charge in [0.05, 0.1) is 11.9 Å². The Hall–Kier alpha value is -1.84. The van der Waals surface area contributed by atoms with Gasteiger partial charge in [-0.05, 0) is 50.7 Å². The average molecular weight is 315 g/mol. The highest BCUT2D eigenvalue weighted by atomic mass is 16.1. The molecule has 1 heterocycles. The third-order valence-corrected chi connectivity index (χ3v) is 4.22. The summed E-state index contributed by atoms with van der Waals surface area (Å²) in [4.78, 5) is 16.3. The third kappa shape index (κ3) is 6.43. The number of hydrogen-bond donors (Lipinski definition) is 2. The zero-order valence-electron chi connectivity index (χ0n) is 14.2. The predicted molar refractivity (Wildman–Crippen MR) is 95.8 cm³/mol. The topological polar surface area (TPSA) is 54.0 Å². The first-order valence-electron chi connectivity index (χ1n) is 8.95. The summed E-state index contributed by atoms with van der Waals surface area (Å²) < 4.78 is 0. The van der Waals surface area contributed by atoms with Crippen molar-refractivity contribution in [3.8, 4) is 0 Å². The van der Waals surface area contributed by atoms with Gasteiger partial charge in [-0.25, -0.2) is 4.98 Å². The molecule has 23 heavy (non-hydrogen) atoms. The van der Waals surface area contributed by atoms with E-state index in [1.54, 1.807) is 12.3 Å². The van der Waals surface area contributed by atoms with Gasteiger partial charge in [0.1, 0.15) is 5.69 Å². The molecule has 0 aliphatic heterocycles. The molecule has 0 bridgehead atoms. The molecule has 0 aromatic carbocycles. The van der Waals surface area contributed by atoms with Crippen molar-refractivity contribution >= 4 is 11.6 Å². The molecule has 0 radical (unpaired) electrons. The van der Waals surface area contributed by atoms with Gasteiger partial charge in [-0.2, -0.15) is 0 Å². The second-order valence-corrected chi connectivity index (χ2v) is 6.18. The number of rotatable bonds is 9. The minimum absolute atomic E-state index is 0.0843. The van der Waals surface area contributed by atoms with Crippen molar-refractivity contribution in [1.29, 1.82) is 0 Å². The Bertz CT molecular complexity index is 508. The summed E-state index contributed by atoms with van der Waals surface area (Å²) in [5.74, 6) is -0.0843. The van der Waals surface area contributed by atoms with Crippen LogP contribution in [0.1, 0.15) is 68.8 Å². The van der Waals surface area contributed by atoms with Crippen LogP contribution in [0.2, 0.25) is 0 Å². The molecule has 1 aromatic heterocycles. The summed E-state index contributed by atoms with van der Waals surface area (Å²) in [5.41, 5.74) is 2.95. The molecule has 1 amide bonds. The summed E-state index contributed by atoms with van der Waals surface area (Å²) in [5, 5.41) is 6.29. The first-order valence-corrected chi connectivity index (χ1v) is 8.95. The van der Waals surface area contributed by atoms with Crippen LogP contribution in [-0.4, -0.2) is 24.0 Å². The molecular formula is C19H29N3O. The lowest BCUT2D eigenvalue weighted by Crippen LogP contribution is -2.25. The van der Waals surface area contributed by atoms with Crippen molar-refractivity contribution in [2.75, 3.05) is 18.4 Å². The van der Waals surface area contributed by atoms with Crippen LogP contribution >= 0.6 is 0 Å². The Labute approximate surface area is 139 Å². The predicted octanol–water partition coefficient (Wildman–Crippen LogP) is 4.30. The van der Waals surface area contributed by atoms with E-state index in [9.17, 15) is 4.79 Å². The van der Waals surface area contributed by atoms with Crippen molar-refractivity contribution in [1.82, 2.24) is 10.3 Å². The second-order valence-electron chi connectivity index (χ2n) is 6.18. The molecule has 0 unspecified atom stereocenters. The quantitative estimate of drug-likeness (QED) is 0.527. The Morgan fingerprint density at radius 1 is 1.22 bits per heavy atom. The number of unbranched alkanes of at least 4 members (excludes halogenated alkanes) is 2. The van der Waals surface area contributed by atoms with Gasteiger partial charge < -0.3 is 10.6 Å². The maximum Gasteiger partial charge on any atom is 0.269 e. The number of amides is 1. The minimum Gasteiger partial charge on any atom is -0.384 e. The van der Waals surface area contributed by atoms with E-state index in [0.29, 0.717) is 12.2 Å². The molecule has 2 rings (SSSR count). The second kappa shape index (κ2) is 10.0. The highest BCUT2D eigenvalue weighted by molar-refractivity contribution is 5.92. The van der Waals surface area contributed by atoms with Crippen LogP contribution in [0.4, 0.5) is 5.69 Å². The van der Waals surface area contributed by atoms with E-state index in [4.69, 9.17) is 0 Å². The summed E-state index contributed by atoms with van der Waals surface area (Å²) in [6, 6.07) is 3.72. The van der Waals surface area contributed by atoms with Crippen molar-refractivity contribution in [2.24, 2.45) is 0 Å². The molecule has 0 spiro atoms. The van der Waals surface area contributed by atoms with E-state index in [2.05, 4.69) is 28.6 Å². The van der Waals surface area contributed by atoms with Crippen molar-refractivity contribution in [2.45, 2.75) is 58.3 Å². The lowest BCUT2D eigenvalue weighted by Gasteiger charge is -2.13. The molecule has 0 saturated heterocycles. The SMILES string of the molecule is CCCCCNc1ccc(C(=O)NCCC2=CCCCC2)nc1. The Kier molecular flexibility index (Phi) is 7.64. The van der Waals surface area contributed by atoms with Gasteiger partial charge in [0.2, 0.25) is 0 Å². The summed E-state index contributed by atoms with van der Waals surface area (Å²) in [7, 11) is 0. The van der Waals surface area contributed by atoms with Gasteiger partial charge in [0.25, 0.3) is 5.91 Å². The number of hydrogen-bond acceptors (Lipinski definition) is 3. The molecular weight excluding hydrogens is 286 g/mol. The van der Waals surface area contributed by atoms with Crippen LogP contribution in [0.5, 0.6) is 0 Å². The third-order valence-electron chi connectivity index (χ3n) is 4.22. The molecule has 1 aliphatic carbocycles. The van der Waals surface area contributed by atoms with Gasteiger partial charge in [-0.15, -0.1) is 0 Å². The fourth-order valence-corrected chi connectivity index (χ4v) is 2.80. The van der Waals surface area contributed by atoms with Gasteiger partial charge >= 0.3 is 0 Å². The molecule has 4 heteroatoms. The molecule has 0 saturated carbocycles. The van der Waals surface area contributed by atoms with E-state index < -0.39 is 0 Å². The standard InChI is InChI=1S/C19H29N3O/c1-2-3-7-13-20-17-10-11-18(22-15-17)19(23)21-14-12-16-8-5-4-6-9-16/h8,10-11,15,20H,2-7,9,12-14H2,1H3,(H,21,23). The maximum atomic E-state index is 12.1. The molecule has 126 valence electrons. The van der Waals surface area contributed by atoms with Gasteiger partial charge in [0, 0.05) is 13.1 Å². The molecule has 1 aromatic rings. The molecule has 2 N–H and O–H groups in total. The largest absolute Gasteiger partial charge is 0.384 e. The van der Waals surface area contributed by atoms with Crippen LogP contribution in [0.15, 0.2) is 30.0 Å². The Balaban J connectivity index is 1.70. The molecule has 1 aliphatic rings. The number of carbonyl (C=O) groups excluding carboxylic acids is 1. The van der Waals surface area contributed by atoms with Crippen LogP contribution in [0.25, 0.3) is 0 Å².